The molecule has 5 nitrogen and oxygen atoms in total. The van der Waals surface area contributed by atoms with Gasteiger partial charge in [-0.25, -0.2) is 24.3 Å². The highest BCUT2D eigenvalue weighted by atomic mass is 35.5. The first kappa shape index (κ1) is 17.5. The average Bonchev–Trinajstić information content (AvgIpc) is 3.35. The van der Waals surface area contributed by atoms with Crippen LogP contribution in [0.15, 0.2) is 43.0 Å². The van der Waals surface area contributed by atoms with Crippen LogP contribution in [0.3, 0.4) is 0 Å². The van der Waals surface area contributed by atoms with Crippen LogP contribution in [-0.2, 0) is 0 Å². The molecule has 2 aromatic heterocycles. The van der Waals surface area contributed by atoms with E-state index in [1.54, 1.807) is 24.5 Å². The molecule has 2 atom stereocenters. The SMILES string of the molecule is Fc1cc([C@@H]2C[C@H]2c2cnc(-c3ncccn3)nc2)cc(N2CCCC2)c1Cl. The summed E-state index contributed by atoms with van der Waals surface area (Å²) in [5.74, 6) is 1.26. The second-order valence-corrected chi connectivity index (χ2v) is 7.77. The predicted octanol–water partition coefficient (Wildman–Crippen LogP) is 4.60. The largest absolute Gasteiger partial charge is 0.370 e. The molecule has 0 bridgehead atoms. The molecular formula is C21H19ClFN5. The summed E-state index contributed by atoms with van der Waals surface area (Å²) in [6, 6.07) is 5.41. The standard InChI is InChI=1S/C21H19ClFN5/c22-19-17(23)8-13(9-18(19)28-6-1-2-7-28)15-10-16(15)14-11-26-21(27-12-14)20-24-4-3-5-25-20/h3-5,8-9,11-12,15-16H,1-2,6-7,10H2/t15-,16-/m0/s1. The third kappa shape index (κ3) is 3.22. The third-order valence-corrected chi connectivity index (χ3v) is 5.94. The van der Waals surface area contributed by atoms with Crippen molar-refractivity contribution in [2.75, 3.05) is 18.0 Å². The molecule has 0 N–H and O–H groups in total. The molecule has 0 spiro atoms. The van der Waals surface area contributed by atoms with Gasteiger partial charge in [0.1, 0.15) is 5.82 Å². The van der Waals surface area contributed by atoms with E-state index in [4.69, 9.17) is 11.6 Å². The predicted molar refractivity (Wildman–Crippen MR) is 106 cm³/mol. The van der Waals surface area contributed by atoms with E-state index in [1.165, 1.54) is 0 Å². The molecule has 3 aromatic rings. The van der Waals surface area contributed by atoms with Gasteiger partial charge in [-0.05, 0) is 60.4 Å². The molecule has 1 aromatic carbocycles. The minimum Gasteiger partial charge on any atom is -0.370 e. The van der Waals surface area contributed by atoms with Gasteiger partial charge in [-0.1, -0.05) is 11.6 Å². The zero-order chi connectivity index (χ0) is 19.1. The number of benzene rings is 1. The monoisotopic (exact) mass is 395 g/mol. The van der Waals surface area contributed by atoms with Crippen molar-refractivity contribution in [2.24, 2.45) is 0 Å². The van der Waals surface area contributed by atoms with Gasteiger partial charge in [0.2, 0.25) is 0 Å². The summed E-state index contributed by atoms with van der Waals surface area (Å²) < 4.78 is 14.5. The minimum atomic E-state index is -0.334. The molecule has 2 aliphatic rings. The fourth-order valence-corrected chi connectivity index (χ4v) is 4.22. The quantitative estimate of drug-likeness (QED) is 0.646. The zero-order valence-electron chi connectivity index (χ0n) is 15.2. The molecule has 1 saturated heterocycles. The Morgan fingerprint density at radius 1 is 0.893 bits per heavy atom. The summed E-state index contributed by atoms with van der Waals surface area (Å²) >= 11 is 6.25. The van der Waals surface area contributed by atoms with Gasteiger partial charge >= 0.3 is 0 Å². The summed E-state index contributed by atoms with van der Waals surface area (Å²) in [5, 5.41) is 0.235. The van der Waals surface area contributed by atoms with Gasteiger partial charge in [-0.15, -0.1) is 0 Å². The molecule has 1 aliphatic heterocycles. The molecule has 5 rings (SSSR count). The maximum Gasteiger partial charge on any atom is 0.197 e. The van der Waals surface area contributed by atoms with Gasteiger partial charge in [0, 0.05) is 37.9 Å². The minimum absolute atomic E-state index is 0.235. The Morgan fingerprint density at radius 3 is 2.25 bits per heavy atom. The van der Waals surface area contributed by atoms with Gasteiger partial charge < -0.3 is 4.90 Å². The molecule has 2 fully saturated rings. The first-order valence-electron chi connectivity index (χ1n) is 9.54. The van der Waals surface area contributed by atoms with E-state index in [2.05, 4.69) is 30.9 Å². The maximum absolute atomic E-state index is 14.5. The zero-order valence-corrected chi connectivity index (χ0v) is 16.0. The maximum atomic E-state index is 14.5. The van der Waals surface area contributed by atoms with E-state index in [0.29, 0.717) is 17.6 Å². The molecule has 0 amide bonds. The number of hydrogen-bond donors (Lipinski definition) is 0. The normalized spacial score (nSPS) is 21.1. The Kier molecular flexibility index (Phi) is 4.43. The fraction of sp³-hybridized carbons (Fsp3) is 0.333. The van der Waals surface area contributed by atoms with E-state index in [9.17, 15) is 4.39 Å². The summed E-state index contributed by atoms with van der Waals surface area (Å²) in [4.78, 5) is 19.4. The highest BCUT2D eigenvalue weighted by Crippen LogP contribution is 2.55. The van der Waals surface area contributed by atoms with Gasteiger partial charge in [0.25, 0.3) is 0 Å². The molecule has 0 radical (unpaired) electrons. The summed E-state index contributed by atoms with van der Waals surface area (Å²) in [7, 11) is 0. The Morgan fingerprint density at radius 2 is 1.54 bits per heavy atom. The first-order chi connectivity index (χ1) is 13.7. The van der Waals surface area contributed by atoms with Crippen LogP contribution in [0, 0.1) is 5.82 Å². The summed E-state index contributed by atoms with van der Waals surface area (Å²) in [5.41, 5.74) is 2.89. The van der Waals surface area contributed by atoms with Crippen molar-refractivity contribution in [3.63, 3.8) is 0 Å². The van der Waals surface area contributed by atoms with Gasteiger partial charge in [-0.2, -0.15) is 0 Å². The molecule has 3 heterocycles. The van der Waals surface area contributed by atoms with Crippen LogP contribution in [-0.4, -0.2) is 33.0 Å². The molecule has 1 saturated carbocycles. The van der Waals surface area contributed by atoms with Crippen molar-refractivity contribution in [2.45, 2.75) is 31.1 Å². The molecular weight excluding hydrogens is 377 g/mol. The lowest BCUT2D eigenvalue weighted by Gasteiger charge is -2.20. The van der Waals surface area contributed by atoms with Crippen LogP contribution >= 0.6 is 11.6 Å². The van der Waals surface area contributed by atoms with Gasteiger partial charge in [0.15, 0.2) is 11.6 Å². The van der Waals surface area contributed by atoms with Crippen molar-refractivity contribution < 1.29 is 4.39 Å². The van der Waals surface area contributed by atoms with Crippen LogP contribution in [0.2, 0.25) is 5.02 Å². The number of rotatable bonds is 4. The van der Waals surface area contributed by atoms with Crippen LogP contribution in [0.25, 0.3) is 11.6 Å². The lowest BCUT2D eigenvalue weighted by molar-refractivity contribution is 0.625. The second-order valence-electron chi connectivity index (χ2n) is 7.39. The van der Waals surface area contributed by atoms with E-state index in [1.807, 2.05) is 12.4 Å². The van der Waals surface area contributed by atoms with E-state index in [0.717, 1.165) is 49.2 Å². The van der Waals surface area contributed by atoms with E-state index < -0.39 is 0 Å². The number of aromatic nitrogens is 4. The highest BCUT2D eigenvalue weighted by molar-refractivity contribution is 6.33. The topological polar surface area (TPSA) is 54.8 Å². The van der Waals surface area contributed by atoms with Crippen molar-refractivity contribution in [1.29, 1.82) is 0 Å². The number of anilines is 1. The molecule has 1 aliphatic carbocycles. The molecule has 142 valence electrons. The summed E-state index contributed by atoms with van der Waals surface area (Å²) in [6.07, 6.45) is 10.2. The van der Waals surface area contributed by atoms with Crippen LogP contribution < -0.4 is 4.90 Å². The van der Waals surface area contributed by atoms with Crippen molar-refractivity contribution in [1.82, 2.24) is 19.9 Å². The van der Waals surface area contributed by atoms with Crippen molar-refractivity contribution in [3.8, 4) is 11.6 Å². The van der Waals surface area contributed by atoms with Crippen LogP contribution in [0.1, 0.15) is 42.2 Å². The fourth-order valence-electron chi connectivity index (χ4n) is 3.99. The molecule has 7 heteroatoms. The number of hydrogen-bond acceptors (Lipinski definition) is 5. The average molecular weight is 396 g/mol. The lowest BCUT2D eigenvalue weighted by Crippen LogP contribution is -2.18. The highest BCUT2D eigenvalue weighted by Gasteiger charge is 2.41. The summed E-state index contributed by atoms with van der Waals surface area (Å²) in [6.45, 7) is 1.88. The van der Waals surface area contributed by atoms with Crippen molar-refractivity contribution >= 4 is 17.3 Å². The lowest BCUT2D eigenvalue weighted by atomic mass is 10.1. The Bertz CT molecular complexity index is 990. The number of nitrogens with zero attached hydrogens (tertiary/aromatic N) is 5. The van der Waals surface area contributed by atoms with E-state index in [-0.39, 0.29) is 16.8 Å². The smallest absolute Gasteiger partial charge is 0.197 e. The van der Waals surface area contributed by atoms with Crippen LogP contribution in [0.4, 0.5) is 10.1 Å². The van der Waals surface area contributed by atoms with E-state index >= 15 is 0 Å². The van der Waals surface area contributed by atoms with Gasteiger partial charge in [0.05, 0.1) is 10.7 Å². The third-order valence-electron chi connectivity index (χ3n) is 5.56. The Balaban J connectivity index is 1.37. The van der Waals surface area contributed by atoms with Crippen molar-refractivity contribution in [3.05, 3.63) is 65.0 Å². The number of halogens is 2. The molecule has 0 unspecified atom stereocenters. The molecule has 28 heavy (non-hydrogen) atoms. The van der Waals surface area contributed by atoms with Crippen LogP contribution in [0.5, 0.6) is 0 Å². The Labute approximate surface area is 167 Å². The Hall–Kier alpha value is -2.60. The first-order valence-corrected chi connectivity index (χ1v) is 9.92. The second kappa shape index (κ2) is 7.09. The van der Waals surface area contributed by atoms with Gasteiger partial charge in [-0.3, -0.25) is 0 Å².